The molecule has 0 bridgehead atoms. The van der Waals surface area contributed by atoms with Gasteiger partial charge in [0.15, 0.2) is 0 Å². The number of hydrogen-bond donors (Lipinski definition) is 0. The summed E-state index contributed by atoms with van der Waals surface area (Å²) in [7, 11) is 0. The number of fused-ring (bicyclic) bond motifs is 1. The lowest BCUT2D eigenvalue weighted by molar-refractivity contribution is 1.21. The lowest BCUT2D eigenvalue weighted by atomic mass is 10.0. The van der Waals surface area contributed by atoms with Gasteiger partial charge in [-0.1, -0.05) is 36.4 Å². The molecule has 152 valence electrons. The second-order valence-corrected chi connectivity index (χ2v) is 9.06. The maximum absolute atomic E-state index is 5.19. The van der Waals surface area contributed by atoms with Crippen molar-refractivity contribution < 1.29 is 0 Å². The van der Waals surface area contributed by atoms with E-state index in [9.17, 15) is 0 Å². The van der Waals surface area contributed by atoms with Crippen molar-refractivity contribution in [2.45, 2.75) is 0 Å². The summed E-state index contributed by atoms with van der Waals surface area (Å²) >= 11 is 3.41. The molecule has 4 nitrogen and oxygen atoms in total. The summed E-state index contributed by atoms with van der Waals surface area (Å²) < 4.78 is 0. The Bertz CT molecular complexity index is 1380. The third-order valence-electron chi connectivity index (χ3n) is 5.21. The average Bonchev–Trinajstić information content (AvgIpc) is 3.58. The van der Waals surface area contributed by atoms with Crippen molar-refractivity contribution >= 4 is 33.7 Å². The average molecular weight is 449 g/mol. The van der Waals surface area contributed by atoms with Gasteiger partial charge in [0, 0.05) is 33.3 Å². The molecule has 0 aliphatic heterocycles. The summed E-state index contributed by atoms with van der Waals surface area (Å²) in [5, 5.41) is 4.17. The molecule has 5 heterocycles. The Morgan fingerprint density at radius 3 is 1.38 bits per heavy atom. The normalized spacial score (nSPS) is 11.1. The van der Waals surface area contributed by atoms with E-state index in [2.05, 4.69) is 57.1 Å². The van der Waals surface area contributed by atoms with Crippen LogP contribution >= 0.6 is 22.7 Å². The van der Waals surface area contributed by atoms with E-state index in [1.54, 1.807) is 35.1 Å². The van der Waals surface area contributed by atoms with Gasteiger partial charge in [-0.3, -0.25) is 9.97 Å². The van der Waals surface area contributed by atoms with Crippen LogP contribution in [0.25, 0.3) is 54.7 Å². The Labute approximate surface area is 193 Å². The van der Waals surface area contributed by atoms with E-state index in [1.165, 1.54) is 9.75 Å². The van der Waals surface area contributed by atoms with Gasteiger partial charge in [0.25, 0.3) is 0 Å². The molecule has 0 radical (unpaired) electrons. The molecule has 0 aliphatic rings. The molecule has 6 heteroatoms. The summed E-state index contributed by atoms with van der Waals surface area (Å²) in [5.41, 5.74) is 6.93. The van der Waals surface area contributed by atoms with Gasteiger partial charge in [-0.05, 0) is 47.2 Å². The van der Waals surface area contributed by atoms with Gasteiger partial charge in [-0.25, -0.2) is 9.97 Å². The monoisotopic (exact) mass is 448 g/mol. The molecule has 0 N–H and O–H groups in total. The lowest BCUT2D eigenvalue weighted by Gasteiger charge is -2.13. The van der Waals surface area contributed by atoms with E-state index < -0.39 is 0 Å². The number of thiophene rings is 2. The quantitative estimate of drug-likeness (QED) is 0.286. The summed E-state index contributed by atoms with van der Waals surface area (Å²) in [6.07, 6.45) is 3.57. The molecule has 5 aromatic heterocycles. The van der Waals surface area contributed by atoms with Gasteiger partial charge in [0.2, 0.25) is 0 Å². The zero-order valence-electron chi connectivity index (χ0n) is 16.8. The highest BCUT2D eigenvalue weighted by Gasteiger charge is 2.20. The Balaban J connectivity index is 1.74. The van der Waals surface area contributed by atoms with Gasteiger partial charge >= 0.3 is 0 Å². The second-order valence-electron chi connectivity index (χ2n) is 7.16. The summed E-state index contributed by atoms with van der Waals surface area (Å²) in [6, 6.07) is 24.4. The molecule has 0 spiro atoms. The lowest BCUT2D eigenvalue weighted by Crippen LogP contribution is -2.00. The predicted octanol–water partition coefficient (Wildman–Crippen LogP) is 7.21. The fourth-order valence-electron chi connectivity index (χ4n) is 3.76. The maximum atomic E-state index is 5.19. The first-order valence-corrected chi connectivity index (χ1v) is 11.9. The fraction of sp³-hybridized carbons (Fsp3) is 0. The van der Waals surface area contributed by atoms with Crippen molar-refractivity contribution in [1.82, 2.24) is 19.9 Å². The van der Waals surface area contributed by atoms with Crippen LogP contribution in [0.4, 0.5) is 0 Å². The standard InChI is InChI=1S/C26H16N4S2/c1-3-13-27-19(7-1)25-26(20-8-2-4-14-28-20)30-24-18(22-10-6-16-32-22)12-11-17(23(24)29-25)21-9-5-15-31-21/h1-16H. The Morgan fingerprint density at radius 1 is 0.500 bits per heavy atom. The minimum atomic E-state index is 0.734. The molecule has 0 fully saturated rings. The van der Waals surface area contributed by atoms with Crippen molar-refractivity contribution in [1.29, 1.82) is 0 Å². The van der Waals surface area contributed by atoms with Crippen LogP contribution in [0, 0.1) is 0 Å². The van der Waals surface area contributed by atoms with Crippen LogP contribution in [0.5, 0.6) is 0 Å². The van der Waals surface area contributed by atoms with Crippen molar-refractivity contribution in [3.63, 3.8) is 0 Å². The molecule has 1 aromatic carbocycles. The summed E-state index contributed by atoms with van der Waals surface area (Å²) in [6.45, 7) is 0. The number of aromatic nitrogens is 4. The van der Waals surface area contributed by atoms with E-state index in [1.807, 2.05) is 36.4 Å². The van der Waals surface area contributed by atoms with Gasteiger partial charge in [-0.2, -0.15) is 0 Å². The van der Waals surface area contributed by atoms with Crippen molar-refractivity contribution in [3.8, 4) is 43.7 Å². The summed E-state index contributed by atoms with van der Waals surface area (Å²) in [4.78, 5) is 21.9. The molecule has 0 unspecified atom stereocenters. The number of pyridine rings is 2. The molecular formula is C26H16N4S2. The molecule has 0 saturated carbocycles. The largest absolute Gasteiger partial charge is 0.255 e. The zero-order valence-corrected chi connectivity index (χ0v) is 18.5. The van der Waals surface area contributed by atoms with Crippen LogP contribution in [-0.2, 0) is 0 Å². The van der Waals surface area contributed by atoms with Crippen molar-refractivity contribution in [2.75, 3.05) is 0 Å². The van der Waals surface area contributed by atoms with E-state index in [-0.39, 0.29) is 0 Å². The highest BCUT2D eigenvalue weighted by atomic mass is 32.1. The molecule has 0 aliphatic carbocycles. The third-order valence-corrected chi connectivity index (χ3v) is 7.02. The van der Waals surface area contributed by atoms with Crippen LogP contribution in [0.2, 0.25) is 0 Å². The van der Waals surface area contributed by atoms with E-state index in [4.69, 9.17) is 9.97 Å². The number of benzene rings is 1. The van der Waals surface area contributed by atoms with Gasteiger partial charge in [-0.15, -0.1) is 22.7 Å². The molecule has 6 aromatic rings. The molecule has 32 heavy (non-hydrogen) atoms. The van der Waals surface area contributed by atoms with Gasteiger partial charge in [0.05, 0.1) is 22.4 Å². The molecule has 0 atom stereocenters. The van der Waals surface area contributed by atoms with Crippen LogP contribution < -0.4 is 0 Å². The number of rotatable bonds is 4. The first-order chi connectivity index (χ1) is 15.9. The maximum Gasteiger partial charge on any atom is 0.117 e. The molecule has 6 rings (SSSR count). The van der Waals surface area contributed by atoms with Crippen molar-refractivity contribution in [3.05, 3.63) is 96.0 Å². The van der Waals surface area contributed by atoms with Crippen LogP contribution in [0.15, 0.2) is 96.0 Å². The smallest absolute Gasteiger partial charge is 0.117 e. The number of nitrogens with zero attached hydrogens (tertiary/aromatic N) is 4. The van der Waals surface area contributed by atoms with Gasteiger partial charge < -0.3 is 0 Å². The van der Waals surface area contributed by atoms with E-state index in [0.717, 1.165) is 44.9 Å². The van der Waals surface area contributed by atoms with Crippen LogP contribution in [0.1, 0.15) is 0 Å². The third kappa shape index (κ3) is 3.30. The first kappa shape index (κ1) is 19.0. The molecular weight excluding hydrogens is 432 g/mol. The highest BCUT2D eigenvalue weighted by Crippen LogP contribution is 2.39. The summed E-state index contributed by atoms with van der Waals surface area (Å²) in [5.74, 6) is 0. The minimum Gasteiger partial charge on any atom is -0.255 e. The molecule has 0 amide bonds. The number of hydrogen-bond acceptors (Lipinski definition) is 6. The Hall–Kier alpha value is -3.74. The van der Waals surface area contributed by atoms with E-state index in [0.29, 0.717) is 0 Å². The van der Waals surface area contributed by atoms with Crippen molar-refractivity contribution in [2.24, 2.45) is 0 Å². The Morgan fingerprint density at radius 2 is 1.00 bits per heavy atom. The van der Waals surface area contributed by atoms with E-state index >= 15 is 0 Å². The topological polar surface area (TPSA) is 51.6 Å². The molecule has 0 saturated heterocycles. The first-order valence-electron chi connectivity index (χ1n) is 10.1. The highest BCUT2D eigenvalue weighted by molar-refractivity contribution is 7.14. The minimum absolute atomic E-state index is 0.734. The van der Waals surface area contributed by atoms with Crippen LogP contribution in [-0.4, -0.2) is 19.9 Å². The van der Waals surface area contributed by atoms with Crippen LogP contribution in [0.3, 0.4) is 0 Å². The second kappa shape index (κ2) is 8.07. The SMILES string of the molecule is c1ccc(-c2nc3c(-c4cccs4)ccc(-c4cccs4)c3nc2-c2ccccn2)nc1. The predicted molar refractivity (Wildman–Crippen MR) is 133 cm³/mol. The Kier molecular flexibility index (Phi) is 4.79. The zero-order chi connectivity index (χ0) is 21.3. The van der Waals surface area contributed by atoms with Gasteiger partial charge in [0.1, 0.15) is 11.4 Å². The fourth-order valence-corrected chi connectivity index (χ4v) is 5.26.